The van der Waals surface area contributed by atoms with Gasteiger partial charge in [-0.15, -0.1) is 12.4 Å². The number of nitrogens with two attached hydrogens (primary N) is 1. The number of nitrogens with zero attached hydrogens (tertiary/aromatic N) is 5. The van der Waals surface area contributed by atoms with E-state index >= 15 is 0 Å². The van der Waals surface area contributed by atoms with Crippen molar-refractivity contribution in [3.8, 4) is 6.07 Å². The first kappa shape index (κ1) is 20.1. The van der Waals surface area contributed by atoms with Crippen molar-refractivity contribution in [2.24, 2.45) is 5.73 Å². The van der Waals surface area contributed by atoms with Gasteiger partial charge in [-0.05, 0) is 37.6 Å². The van der Waals surface area contributed by atoms with E-state index in [0.717, 1.165) is 22.7 Å². The van der Waals surface area contributed by atoms with Gasteiger partial charge in [-0.1, -0.05) is 12.1 Å². The highest BCUT2D eigenvalue weighted by molar-refractivity contribution is 5.85. The van der Waals surface area contributed by atoms with E-state index in [1.165, 1.54) is 0 Å². The molecule has 1 aliphatic rings. The Morgan fingerprint density at radius 2 is 2.07 bits per heavy atom. The molecule has 0 saturated carbocycles. The fourth-order valence-corrected chi connectivity index (χ4v) is 3.62. The molecular formula is C20H22ClFN6. The minimum Gasteiger partial charge on any atom is -0.340 e. The SMILES string of the molecule is C[C@H](c1ccc(C#N)cn1)n1c(N2CC[C@@H](F)[C@H](N)C2)nc2ccccc21.Cl. The van der Waals surface area contributed by atoms with Crippen LogP contribution in [0.25, 0.3) is 11.0 Å². The standard InChI is InChI=1S/C20H21FN6.ClH/c1-13(17-7-6-14(10-22)11-24-17)27-19-5-3-2-4-18(19)25-20(27)26-9-8-15(21)16(23)12-26;/h2-7,11,13,15-16H,8-9,12,23H2,1H3;1H/t13-,15-,16-;/m1./s1. The molecule has 0 spiro atoms. The van der Waals surface area contributed by atoms with E-state index in [-0.39, 0.29) is 18.4 Å². The molecule has 3 heterocycles. The lowest BCUT2D eigenvalue weighted by molar-refractivity contribution is 0.243. The summed E-state index contributed by atoms with van der Waals surface area (Å²) in [6.45, 7) is 3.05. The highest BCUT2D eigenvalue weighted by atomic mass is 35.5. The molecule has 1 aromatic carbocycles. The minimum absolute atomic E-state index is 0. The van der Waals surface area contributed by atoms with Gasteiger partial charge in [0, 0.05) is 19.3 Å². The average molecular weight is 401 g/mol. The molecule has 0 bridgehead atoms. The van der Waals surface area contributed by atoms with E-state index < -0.39 is 12.2 Å². The molecule has 3 atom stereocenters. The van der Waals surface area contributed by atoms with E-state index in [4.69, 9.17) is 16.0 Å². The number of halogens is 2. The number of piperidine rings is 1. The third kappa shape index (κ3) is 3.53. The molecule has 1 aliphatic heterocycles. The van der Waals surface area contributed by atoms with Gasteiger partial charge in [0.05, 0.1) is 34.4 Å². The van der Waals surface area contributed by atoms with Crippen LogP contribution in [0.1, 0.15) is 30.6 Å². The lowest BCUT2D eigenvalue weighted by Crippen LogP contribution is -2.50. The molecule has 0 aliphatic carbocycles. The number of imidazole rings is 1. The summed E-state index contributed by atoms with van der Waals surface area (Å²) in [6, 6.07) is 13.0. The number of hydrogen-bond acceptors (Lipinski definition) is 5. The number of pyridine rings is 1. The van der Waals surface area contributed by atoms with Crippen molar-refractivity contribution in [3.63, 3.8) is 0 Å². The zero-order chi connectivity index (χ0) is 19.0. The summed E-state index contributed by atoms with van der Waals surface area (Å²) in [7, 11) is 0. The summed E-state index contributed by atoms with van der Waals surface area (Å²) in [5.41, 5.74) is 9.20. The van der Waals surface area contributed by atoms with Gasteiger partial charge in [0.25, 0.3) is 0 Å². The molecule has 146 valence electrons. The minimum atomic E-state index is -0.975. The van der Waals surface area contributed by atoms with Crippen LogP contribution in [0.3, 0.4) is 0 Å². The first-order valence-corrected chi connectivity index (χ1v) is 9.06. The molecule has 6 nitrogen and oxygen atoms in total. The van der Waals surface area contributed by atoms with Gasteiger partial charge >= 0.3 is 0 Å². The number of para-hydroxylation sites is 2. The highest BCUT2D eigenvalue weighted by Gasteiger charge is 2.30. The summed E-state index contributed by atoms with van der Waals surface area (Å²) < 4.78 is 16.0. The third-order valence-corrected chi connectivity index (χ3v) is 5.16. The van der Waals surface area contributed by atoms with E-state index in [0.29, 0.717) is 25.1 Å². The van der Waals surface area contributed by atoms with Crippen LogP contribution in [-0.4, -0.2) is 39.8 Å². The zero-order valence-electron chi connectivity index (χ0n) is 15.5. The topological polar surface area (TPSA) is 83.8 Å². The van der Waals surface area contributed by atoms with Crippen LogP contribution < -0.4 is 10.6 Å². The Morgan fingerprint density at radius 3 is 2.75 bits per heavy atom. The van der Waals surface area contributed by atoms with Crippen molar-refractivity contribution in [2.75, 3.05) is 18.0 Å². The van der Waals surface area contributed by atoms with E-state index in [1.54, 1.807) is 12.3 Å². The summed E-state index contributed by atoms with van der Waals surface area (Å²) in [6.07, 6.45) is 1.000. The fraction of sp³-hybridized carbons (Fsp3) is 0.350. The summed E-state index contributed by atoms with van der Waals surface area (Å²) in [4.78, 5) is 11.3. The van der Waals surface area contributed by atoms with Gasteiger partial charge in [-0.2, -0.15) is 5.26 Å². The van der Waals surface area contributed by atoms with Crippen molar-refractivity contribution in [1.29, 1.82) is 5.26 Å². The number of aromatic nitrogens is 3. The van der Waals surface area contributed by atoms with Crippen molar-refractivity contribution >= 4 is 29.4 Å². The van der Waals surface area contributed by atoms with Crippen LogP contribution in [0.2, 0.25) is 0 Å². The lowest BCUT2D eigenvalue weighted by atomic mass is 10.1. The second kappa shape index (κ2) is 8.13. The molecule has 0 amide bonds. The van der Waals surface area contributed by atoms with Gasteiger partial charge in [0.15, 0.2) is 0 Å². The summed E-state index contributed by atoms with van der Waals surface area (Å²) >= 11 is 0. The Hall–Kier alpha value is -2.69. The fourth-order valence-electron chi connectivity index (χ4n) is 3.62. The molecule has 1 saturated heterocycles. The Labute approximate surface area is 169 Å². The second-order valence-corrected chi connectivity index (χ2v) is 6.94. The molecule has 0 unspecified atom stereocenters. The van der Waals surface area contributed by atoms with Crippen LogP contribution >= 0.6 is 12.4 Å². The van der Waals surface area contributed by atoms with Crippen LogP contribution in [0.15, 0.2) is 42.6 Å². The molecule has 2 N–H and O–H groups in total. The van der Waals surface area contributed by atoms with Crippen LogP contribution in [-0.2, 0) is 0 Å². The van der Waals surface area contributed by atoms with Gasteiger partial charge in [0.2, 0.25) is 5.95 Å². The second-order valence-electron chi connectivity index (χ2n) is 6.94. The zero-order valence-corrected chi connectivity index (χ0v) is 16.3. The number of nitriles is 1. The van der Waals surface area contributed by atoms with Crippen molar-refractivity contribution in [2.45, 2.75) is 31.6 Å². The Kier molecular flexibility index (Phi) is 5.82. The third-order valence-electron chi connectivity index (χ3n) is 5.16. The number of rotatable bonds is 3. The van der Waals surface area contributed by atoms with Crippen LogP contribution in [0.4, 0.5) is 10.3 Å². The maximum Gasteiger partial charge on any atom is 0.207 e. The first-order chi connectivity index (χ1) is 13.1. The number of fused-ring (bicyclic) bond motifs is 1. The smallest absolute Gasteiger partial charge is 0.207 e. The summed E-state index contributed by atoms with van der Waals surface area (Å²) in [5, 5.41) is 9.00. The average Bonchev–Trinajstić information content (AvgIpc) is 3.09. The number of benzene rings is 1. The van der Waals surface area contributed by atoms with E-state index in [1.807, 2.05) is 37.3 Å². The quantitative estimate of drug-likeness (QED) is 0.729. The monoisotopic (exact) mass is 400 g/mol. The predicted molar refractivity (Wildman–Crippen MR) is 109 cm³/mol. The molecule has 8 heteroatoms. The molecule has 2 aromatic heterocycles. The van der Waals surface area contributed by atoms with Gasteiger partial charge in [0.1, 0.15) is 12.2 Å². The van der Waals surface area contributed by atoms with Crippen molar-refractivity contribution in [3.05, 3.63) is 53.9 Å². The first-order valence-electron chi connectivity index (χ1n) is 9.06. The van der Waals surface area contributed by atoms with Crippen LogP contribution in [0, 0.1) is 11.3 Å². The molecular weight excluding hydrogens is 379 g/mol. The Bertz CT molecular complexity index is 996. The Balaban J connectivity index is 0.00000225. The van der Waals surface area contributed by atoms with E-state index in [2.05, 4.69) is 20.5 Å². The van der Waals surface area contributed by atoms with Gasteiger partial charge in [-0.25, -0.2) is 9.37 Å². The summed E-state index contributed by atoms with van der Waals surface area (Å²) in [5.74, 6) is 0.775. The maximum atomic E-state index is 13.9. The maximum absolute atomic E-state index is 13.9. The predicted octanol–water partition coefficient (Wildman–Crippen LogP) is 3.21. The largest absolute Gasteiger partial charge is 0.340 e. The number of hydrogen-bond donors (Lipinski definition) is 1. The van der Waals surface area contributed by atoms with Gasteiger partial charge in [-0.3, -0.25) is 4.98 Å². The van der Waals surface area contributed by atoms with Crippen LogP contribution in [0.5, 0.6) is 0 Å². The molecule has 4 rings (SSSR count). The normalized spacial score (nSPS) is 20.4. The van der Waals surface area contributed by atoms with Gasteiger partial charge < -0.3 is 15.2 Å². The lowest BCUT2D eigenvalue weighted by Gasteiger charge is -2.34. The molecule has 1 fully saturated rings. The number of alkyl halides is 1. The Morgan fingerprint density at radius 1 is 1.29 bits per heavy atom. The molecule has 3 aromatic rings. The molecule has 28 heavy (non-hydrogen) atoms. The van der Waals surface area contributed by atoms with Crippen molar-refractivity contribution in [1.82, 2.24) is 14.5 Å². The molecule has 0 radical (unpaired) electrons. The van der Waals surface area contributed by atoms with E-state index in [9.17, 15) is 4.39 Å². The number of anilines is 1. The highest BCUT2D eigenvalue weighted by Crippen LogP contribution is 2.31. The van der Waals surface area contributed by atoms with Crippen molar-refractivity contribution < 1.29 is 4.39 Å².